The van der Waals surface area contributed by atoms with E-state index in [1.807, 2.05) is 0 Å². The van der Waals surface area contributed by atoms with E-state index in [1.54, 1.807) is 0 Å². The third-order valence-corrected chi connectivity index (χ3v) is 3.06. The molecule has 0 aromatic rings. The van der Waals surface area contributed by atoms with E-state index in [2.05, 4.69) is 0 Å². The molecule has 0 heterocycles. The molecule has 0 unspecified atom stereocenters. The van der Waals surface area contributed by atoms with Crippen LogP contribution in [-0.2, 0) is 14.3 Å². The lowest BCUT2D eigenvalue weighted by Gasteiger charge is -2.21. The molecule has 0 aromatic heterocycles. The number of hydrogen-bond donors (Lipinski definition) is 1. The summed E-state index contributed by atoms with van der Waals surface area (Å²) in [5.74, 6) is -1.52. The van der Waals surface area contributed by atoms with Gasteiger partial charge in [-0.25, -0.2) is 0 Å². The molecule has 0 amide bonds. The Hall–Kier alpha value is -1.06. The zero-order valence-electron chi connectivity index (χ0n) is 7.99. The van der Waals surface area contributed by atoms with Crippen molar-refractivity contribution in [2.45, 2.75) is 44.6 Å². The molecule has 0 spiro atoms. The van der Waals surface area contributed by atoms with Gasteiger partial charge in [0, 0.05) is 0 Å². The summed E-state index contributed by atoms with van der Waals surface area (Å²) in [7, 11) is 0. The Morgan fingerprint density at radius 2 is 1.79 bits per heavy atom. The van der Waals surface area contributed by atoms with Crippen molar-refractivity contribution < 1.29 is 19.4 Å². The fourth-order valence-corrected chi connectivity index (χ4v) is 1.93. The molecule has 2 fully saturated rings. The first kappa shape index (κ1) is 9.49. The maximum atomic E-state index is 11.7. The van der Waals surface area contributed by atoms with Crippen molar-refractivity contribution in [3.05, 3.63) is 0 Å². The van der Waals surface area contributed by atoms with Crippen LogP contribution in [0.25, 0.3) is 0 Å². The summed E-state index contributed by atoms with van der Waals surface area (Å²) in [5.41, 5.74) is -1.22. The van der Waals surface area contributed by atoms with Gasteiger partial charge in [0.2, 0.25) is 0 Å². The molecular formula is C10H14O4. The molecule has 0 aromatic carbocycles. The second-order valence-electron chi connectivity index (χ2n) is 4.20. The number of esters is 1. The predicted molar refractivity (Wildman–Crippen MR) is 47.7 cm³/mol. The molecule has 2 saturated carbocycles. The molecule has 14 heavy (non-hydrogen) atoms. The van der Waals surface area contributed by atoms with Gasteiger partial charge < -0.3 is 9.84 Å². The van der Waals surface area contributed by atoms with Crippen molar-refractivity contribution in [1.82, 2.24) is 0 Å². The molecule has 78 valence electrons. The Morgan fingerprint density at radius 1 is 1.21 bits per heavy atom. The van der Waals surface area contributed by atoms with Gasteiger partial charge in [-0.1, -0.05) is 12.8 Å². The molecule has 0 radical (unpaired) electrons. The summed E-state index contributed by atoms with van der Waals surface area (Å²) in [5, 5.41) is 9.07. The van der Waals surface area contributed by atoms with Gasteiger partial charge in [0.05, 0.1) is 0 Å². The lowest BCUT2D eigenvalue weighted by Crippen LogP contribution is -2.38. The van der Waals surface area contributed by atoms with Crippen molar-refractivity contribution in [2.75, 3.05) is 0 Å². The van der Waals surface area contributed by atoms with Gasteiger partial charge >= 0.3 is 11.9 Å². The molecule has 1 N–H and O–H groups in total. The number of carboxylic acid groups (broad SMARTS) is 1. The maximum absolute atomic E-state index is 11.7. The Morgan fingerprint density at radius 3 is 2.21 bits per heavy atom. The summed E-state index contributed by atoms with van der Waals surface area (Å²) in [6, 6.07) is 0. The van der Waals surface area contributed by atoms with Gasteiger partial charge in [-0.15, -0.1) is 0 Å². The number of carboxylic acids is 1. The van der Waals surface area contributed by atoms with Gasteiger partial charge in [-0.05, 0) is 25.7 Å². The van der Waals surface area contributed by atoms with Crippen LogP contribution in [-0.4, -0.2) is 23.1 Å². The molecular weight excluding hydrogens is 184 g/mol. The summed E-state index contributed by atoms with van der Waals surface area (Å²) in [6.07, 6.45) is 4.28. The molecule has 2 aliphatic carbocycles. The average molecular weight is 198 g/mol. The first-order chi connectivity index (χ1) is 6.65. The molecule has 0 atom stereocenters. The lowest BCUT2D eigenvalue weighted by molar-refractivity contribution is -0.169. The number of rotatable bonds is 3. The summed E-state index contributed by atoms with van der Waals surface area (Å²) in [6.45, 7) is 0. The highest BCUT2D eigenvalue weighted by atomic mass is 16.6. The van der Waals surface area contributed by atoms with Crippen molar-refractivity contribution in [3.8, 4) is 0 Å². The number of ether oxygens (including phenoxy) is 1. The second-order valence-corrected chi connectivity index (χ2v) is 4.20. The summed E-state index contributed by atoms with van der Waals surface area (Å²) < 4.78 is 5.09. The van der Waals surface area contributed by atoms with Gasteiger partial charge in [-0.2, -0.15) is 0 Å². The Balaban J connectivity index is 2.08. The predicted octanol–water partition coefficient (Wildman–Crippen LogP) is 1.34. The number of carbonyl (C=O) groups excluding carboxylic acids is 1. The third kappa shape index (κ3) is 1.49. The second kappa shape index (κ2) is 3.26. The Bertz CT molecular complexity index is 261. The molecule has 4 nitrogen and oxygen atoms in total. The quantitative estimate of drug-likeness (QED) is 0.549. The van der Waals surface area contributed by atoms with Crippen LogP contribution in [0.1, 0.15) is 38.5 Å². The van der Waals surface area contributed by atoms with Crippen LogP contribution < -0.4 is 0 Å². The van der Waals surface area contributed by atoms with Crippen LogP contribution in [0.2, 0.25) is 0 Å². The molecule has 0 saturated heterocycles. The zero-order chi connectivity index (χ0) is 10.2. The van der Waals surface area contributed by atoms with E-state index in [9.17, 15) is 9.59 Å². The standard InChI is InChI=1S/C10H14O4/c11-8(12)10(5-1-2-6-10)9(13)14-7-3-4-7/h7H,1-6H2,(H,11,12). The maximum Gasteiger partial charge on any atom is 0.323 e. The number of hydrogen-bond acceptors (Lipinski definition) is 3. The molecule has 0 aliphatic heterocycles. The average Bonchev–Trinajstić information content (AvgIpc) is 2.82. The van der Waals surface area contributed by atoms with Crippen LogP contribution in [0.3, 0.4) is 0 Å². The largest absolute Gasteiger partial charge is 0.480 e. The third-order valence-electron chi connectivity index (χ3n) is 3.06. The number of aliphatic carboxylic acids is 1. The van der Waals surface area contributed by atoms with E-state index >= 15 is 0 Å². The lowest BCUT2D eigenvalue weighted by atomic mass is 9.86. The highest BCUT2D eigenvalue weighted by molar-refractivity contribution is 5.99. The van der Waals surface area contributed by atoms with E-state index < -0.39 is 17.4 Å². The first-order valence-electron chi connectivity index (χ1n) is 5.10. The van der Waals surface area contributed by atoms with Crippen LogP contribution in [0.5, 0.6) is 0 Å². The van der Waals surface area contributed by atoms with Crippen molar-refractivity contribution >= 4 is 11.9 Å². The summed E-state index contributed by atoms with van der Waals surface area (Å²) in [4.78, 5) is 22.7. The molecule has 2 rings (SSSR count). The first-order valence-corrected chi connectivity index (χ1v) is 5.10. The molecule has 0 bridgehead atoms. The minimum absolute atomic E-state index is 0.000625. The monoisotopic (exact) mass is 198 g/mol. The van der Waals surface area contributed by atoms with Crippen LogP contribution >= 0.6 is 0 Å². The molecule has 2 aliphatic rings. The zero-order valence-corrected chi connectivity index (χ0v) is 7.99. The number of carbonyl (C=O) groups is 2. The van der Waals surface area contributed by atoms with E-state index in [-0.39, 0.29) is 6.10 Å². The Labute approximate surface area is 82.2 Å². The van der Waals surface area contributed by atoms with Crippen LogP contribution in [0, 0.1) is 5.41 Å². The smallest absolute Gasteiger partial charge is 0.323 e. The Kier molecular flexibility index (Phi) is 2.21. The van der Waals surface area contributed by atoms with E-state index in [0.717, 1.165) is 25.7 Å². The van der Waals surface area contributed by atoms with Gasteiger partial charge in [0.15, 0.2) is 5.41 Å². The minimum atomic E-state index is -1.22. The summed E-state index contributed by atoms with van der Waals surface area (Å²) >= 11 is 0. The van der Waals surface area contributed by atoms with Crippen molar-refractivity contribution in [3.63, 3.8) is 0 Å². The minimum Gasteiger partial charge on any atom is -0.480 e. The van der Waals surface area contributed by atoms with Crippen molar-refractivity contribution in [2.24, 2.45) is 5.41 Å². The highest BCUT2D eigenvalue weighted by Crippen LogP contribution is 2.41. The van der Waals surface area contributed by atoms with E-state index in [4.69, 9.17) is 9.84 Å². The van der Waals surface area contributed by atoms with Gasteiger partial charge in [0.1, 0.15) is 6.10 Å². The van der Waals surface area contributed by atoms with Crippen LogP contribution in [0.15, 0.2) is 0 Å². The SMILES string of the molecule is O=C(O)C1(C(=O)OC2CC2)CCCC1. The fraction of sp³-hybridized carbons (Fsp3) is 0.800. The topological polar surface area (TPSA) is 63.6 Å². The van der Waals surface area contributed by atoms with Crippen molar-refractivity contribution in [1.29, 1.82) is 0 Å². The van der Waals surface area contributed by atoms with Gasteiger partial charge in [-0.3, -0.25) is 9.59 Å². The van der Waals surface area contributed by atoms with Gasteiger partial charge in [0.25, 0.3) is 0 Å². The fourth-order valence-electron chi connectivity index (χ4n) is 1.93. The molecule has 4 heteroatoms. The normalized spacial score (nSPS) is 24.6. The highest BCUT2D eigenvalue weighted by Gasteiger charge is 2.51. The van der Waals surface area contributed by atoms with E-state index in [0.29, 0.717) is 12.8 Å². The van der Waals surface area contributed by atoms with E-state index in [1.165, 1.54) is 0 Å². The van der Waals surface area contributed by atoms with Crippen LogP contribution in [0.4, 0.5) is 0 Å².